The number of aromatic nitrogens is 6. The van der Waals surface area contributed by atoms with Crippen LogP contribution in [0.5, 0.6) is 0 Å². The second-order valence-electron chi connectivity index (χ2n) is 7.06. The normalized spacial score (nSPS) is 17.4. The Morgan fingerprint density at radius 3 is 3.00 bits per heavy atom. The van der Waals surface area contributed by atoms with Crippen LogP contribution in [0.15, 0.2) is 29.3 Å². The van der Waals surface area contributed by atoms with Gasteiger partial charge in [0.05, 0.1) is 25.0 Å². The SMILES string of the molecule is Cc1cc(CC(=O)N2CCC[C@@H](c3nnc(Cn4ccnc4)n3C)C2)on1. The van der Waals surface area contributed by atoms with Gasteiger partial charge >= 0.3 is 0 Å². The number of amides is 1. The molecule has 0 bridgehead atoms. The summed E-state index contributed by atoms with van der Waals surface area (Å²) in [7, 11) is 1.99. The fourth-order valence-corrected chi connectivity index (χ4v) is 3.59. The summed E-state index contributed by atoms with van der Waals surface area (Å²) in [5.74, 6) is 2.67. The molecule has 0 saturated carbocycles. The smallest absolute Gasteiger partial charge is 0.230 e. The summed E-state index contributed by atoms with van der Waals surface area (Å²) in [5, 5.41) is 12.6. The first-order chi connectivity index (χ1) is 13.1. The fourth-order valence-electron chi connectivity index (χ4n) is 3.59. The van der Waals surface area contributed by atoms with E-state index >= 15 is 0 Å². The maximum atomic E-state index is 12.6. The van der Waals surface area contributed by atoms with Crippen LogP contribution in [0.4, 0.5) is 0 Å². The minimum Gasteiger partial charge on any atom is -0.361 e. The fraction of sp³-hybridized carbons (Fsp3) is 0.500. The first-order valence-corrected chi connectivity index (χ1v) is 9.14. The van der Waals surface area contributed by atoms with E-state index in [4.69, 9.17) is 4.52 Å². The van der Waals surface area contributed by atoms with Crippen LogP contribution in [0, 0.1) is 6.92 Å². The molecule has 0 aromatic carbocycles. The Labute approximate surface area is 157 Å². The number of rotatable bonds is 5. The van der Waals surface area contributed by atoms with E-state index in [-0.39, 0.29) is 18.2 Å². The minimum absolute atomic E-state index is 0.0663. The number of carbonyl (C=O) groups excluding carboxylic acids is 1. The molecule has 4 heterocycles. The van der Waals surface area contributed by atoms with Gasteiger partial charge in [0, 0.05) is 44.5 Å². The topological polar surface area (TPSA) is 94.9 Å². The second kappa shape index (κ2) is 7.34. The Morgan fingerprint density at radius 1 is 1.37 bits per heavy atom. The van der Waals surface area contributed by atoms with E-state index in [0.29, 0.717) is 18.8 Å². The summed E-state index contributed by atoms with van der Waals surface area (Å²) in [6.07, 6.45) is 7.62. The lowest BCUT2D eigenvalue weighted by atomic mass is 9.96. The van der Waals surface area contributed by atoms with E-state index in [1.165, 1.54) is 0 Å². The third-order valence-corrected chi connectivity index (χ3v) is 5.02. The highest BCUT2D eigenvalue weighted by molar-refractivity contribution is 5.78. The van der Waals surface area contributed by atoms with Gasteiger partial charge in [-0.05, 0) is 19.8 Å². The van der Waals surface area contributed by atoms with Gasteiger partial charge in [-0.25, -0.2) is 4.98 Å². The van der Waals surface area contributed by atoms with Crippen LogP contribution in [0.2, 0.25) is 0 Å². The monoisotopic (exact) mass is 369 g/mol. The molecule has 0 N–H and O–H groups in total. The third-order valence-electron chi connectivity index (χ3n) is 5.02. The maximum Gasteiger partial charge on any atom is 0.230 e. The highest BCUT2D eigenvalue weighted by atomic mass is 16.5. The predicted octanol–water partition coefficient (Wildman–Crippen LogP) is 1.31. The highest BCUT2D eigenvalue weighted by Gasteiger charge is 2.28. The van der Waals surface area contributed by atoms with Gasteiger partial charge in [0.1, 0.15) is 11.6 Å². The average Bonchev–Trinajstić information content (AvgIpc) is 3.39. The van der Waals surface area contributed by atoms with Crippen molar-refractivity contribution in [2.45, 2.75) is 38.6 Å². The van der Waals surface area contributed by atoms with Crippen molar-refractivity contribution in [3.05, 3.63) is 47.9 Å². The number of aryl methyl sites for hydroxylation is 1. The first kappa shape index (κ1) is 17.4. The van der Waals surface area contributed by atoms with E-state index in [9.17, 15) is 4.79 Å². The van der Waals surface area contributed by atoms with Crippen LogP contribution in [0.1, 0.15) is 41.9 Å². The van der Waals surface area contributed by atoms with Crippen LogP contribution in [0.3, 0.4) is 0 Å². The number of carbonyl (C=O) groups is 1. The Morgan fingerprint density at radius 2 is 2.26 bits per heavy atom. The van der Waals surface area contributed by atoms with Crippen LogP contribution >= 0.6 is 0 Å². The van der Waals surface area contributed by atoms with Gasteiger partial charge in [-0.2, -0.15) is 0 Å². The molecular formula is C18H23N7O2. The van der Waals surface area contributed by atoms with Gasteiger partial charge in [-0.1, -0.05) is 5.16 Å². The van der Waals surface area contributed by atoms with E-state index < -0.39 is 0 Å². The molecule has 3 aromatic heterocycles. The molecule has 0 spiro atoms. The Balaban J connectivity index is 1.43. The van der Waals surface area contributed by atoms with Crippen molar-refractivity contribution in [1.29, 1.82) is 0 Å². The zero-order chi connectivity index (χ0) is 18.8. The number of likely N-dealkylation sites (tertiary alicyclic amines) is 1. The lowest BCUT2D eigenvalue weighted by molar-refractivity contribution is -0.132. The van der Waals surface area contributed by atoms with E-state index in [0.717, 1.165) is 36.7 Å². The van der Waals surface area contributed by atoms with Gasteiger partial charge in [-0.3, -0.25) is 4.79 Å². The Kier molecular flexibility index (Phi) is 4.74. The van der Waals surface area contributed by atoms with Gasteiger partial charge in [0.2, 0.25) is 5.91 Å². The zero-order valence-corrected chi connectivity index (χ0v) is 15.6. The molecule has 1 atom stereocenters. The van der Waals surface area contributed by atoms with Crippen molar-refractivity contribution in [2.24, 2.45) is 7.05 Å². The molecule has 142 valence electrons. The summed E-state index contributed by atoms with van der Waals surface area (Å²) in [5.41, 5.74) is 0.791. The summed E-state index contributed by atoms with van der Waals surface area (Å²) in [6.45, 7) is 3.90. The molecular weight excluding hydrogens is 346 g/mol. The molecule has 1 aliphatic rings. The van der Waals surface area contributed by atoms with Crippen LogP contribution < -0.4 is 0 Å². The van der Waals surface area contributed by atoms with Crippen molar-refractivity contribution in [3.8, 4) is 0 Å². The molecule has 9 nitrogen and oxygen atoms in total. The molecule has 1 amide bonds. The van der Waals surface area contributed by atoms with E-state index in [2.05, 4.69) is 20.3 Å². The Hall–Kier alpha value is -2.97. The van der Waals surface area contributed by atoms with E-state index in [1.54, 1.807) is 12.5 Å². The van der Waals surface area contributed by atoms with Crippen molar-refractivity contribution < 1.29 is 9.32 Å². The minimum atomic E-state index is 0.0663. The lowest BCUT2D eigenvalue weighted by Gasteiger charge is -2.32. The molecule has 0 unspecified atom stereocenters. The van der Waals surface area contributed by atoms with Crippen molar-refractivity contribution >= 4 is 5.91 Å². The molecule has 0 aliphatic carbocycles. The standard InChI is InChI=1S/C18H23N7O2/c1-13-8-15(27-22-13)9-17(26)25-6-3-4-14(10-25)18-21-20-16(23(18)2)11-24-7-5-19-12-24/h5,7-8,12,14H,3-4,6,9-11H2,1-2H3/t14-/m1/s1. The Bertz CT molecular complexity index is 912. The first-order valence-electron chi connectivity index (χ1n) is 9.14. The summed E-state index contributed by atoms with van der Waals surface area (Å²) in [4.78, 5) is 18.6. The van der Waals surface area contributed by atoms with Crippen molar-refractivity contribution in [1.82, 2.24) is 34.4 Å². The molecule has 4 rings (SSSR count). The summed E-state index contributed by atoms with van der Waals surface area (Å²) in [6, 6.07) is 1.81. The zero-order valence-electron chi connectivity index (χ0n) is 15.6. The molecule has 27 heavy (non-hydrogen) atoms. The molecule has 3 aromatic rings. The average molecular weight is 369 g/mol. The van der Waals surface area contributed by atoms with Gasteiger partial charge in [-0.15, -0.1) is 10.2 Å². The number of hydrogen-bond acceptors (Lipinski definition) is 6. The molecule has 1 aliphatic heterocycles. The quantitative estimate of drug-likeness (QED) is 0.673. The lowest BCUT2D eigenvalue weighted by Crippen LogP contribution is -2.40. The maximum absolute atomic E-state index is 12.6. The largest absolute Gasteiger partial charge is 0.361 e. The summed E-state index contributed by atoms with van der Waals surface area (Å²) < 4.78 is 9.18. The molecule has 1 fully saturated rings. The van der Waals surface area contributed by atoms with Gasteiger partial charge < -0.3 is 18.6 Å². The van der Waals surface area contributed by atoms with Gasteiger partial charge in [0.25, 0.3) is 0 Å². The second-order valence-corrected chi connectivity index (χ2v) is 7.06. The van der Waals surface area contributed by atoms with Gasteiger partial charge in [0.15, 0.2) is 5.82 Å². The van der Waals surface area contributed by atoms with Crippen molar-refractivity contribution in [3.63, 3.8) is 0 Å². The number of imidazole rings is 1. The molecule has 9 heteroatoms. The highest BCUT2D eigenvalue weighted by Crippen LogP contribution is 2.26. The van der Waals surface area contributed by atoms with Crippen LogP contribution in [-0.2, 0) is 24.8 Å². The number of piperidine rings is 1. The molecule has 1 saturated heterocycles. The van der Waals surface area contributed by atoms with E-state index in [1.807, 2.05) is 40.3 Å². The number of nitrogens with zero attached hydrogens (tertiary/aromatic N) is 7. The molecule has 0 radical (unpaired) electrons. The predicted molar refractivity (Wildman–Crippen MR) is 95.8 cm³/mol. The third kappa shape index (κ3) is 3.76. The number of hydrogen-bond donors (Lipinski definition) is 0. The van der Waals surface area contributed by atoms with Crippen molar-refractivity contribution in [2.75, 3.05) is 13.1 Å². The van der Waals surface area contributed by atoms with Crippen LogP contribution in [0.25, 0.3) is 0 Å². The summed E-state index contributed by atoms with van der Waals surface area (Å²) >= 11 is 0. The van der Waals surface area contributed by atoms with Crippen LogP contribution in [-0.4, -0.2) is 53.4 Å².